The molecule has 0 heterocycles. The molecule has 88 valence electrons. The smallest absolute Gasteiger partial charge is 0.321 e. The molecule has 1 rings (SSSR count). The normalized spacial score (nSPS) is 9.69. The van der Waals surface area contributed by atoms with Crippen LogP contribution in [0.25, 0.3) is 0 Å². The van der Waals surface area contributed by atoms with E-state index in [1.54, 1.807) is 14.1 Å². The summed E-state index contributed by atoms with van der Waals surface area (Å²) >= 11 is 0. The average Bonchev–Trinajstić information content (AvgIpc) is 2.26. The van der Waals surface area contributed by atoms with E-state index in [0.717, 1.165) is 17.9 Å². The molecule has 0 atom stereocenters. The van der Waals surface area contributed by atoms with Gasteiger partial charge in [-0.05, 0) is 18.6 Å². The lowest BCUT2D eigenvalue weighted by Gasteiger charge is -2.12. The number of carbonyl (C=O) groups excluding carboxylic acids is 1. The molecule has 0 unspecified atom stereocenters. The molecule has 0 aliphatic heterocycles. The number of carbonyl (C=O) groups is 1. The number of urea groups is 1. The molecule has 0 spiro atoms. The van der Waals surface area contributed by atoms with Crippen molar-refractivity contribution in [1.29, 1.82) is 0 Å². The third-order valence-electron chi connectivity index (χ3n) is 1.96. The van der Waals surface area contributed by atoms with Crippen molar-refractivity contribution in [3.63, 3.8) is 0 Å². The van der Waals surface area contributed by atoms with Gasteiger partial charge >= 0.3 is 6.03 Å². The molecule has 0 aliphatic rings. The molecule has 1 aromatic rings. The van der Waals surface area contributed by atoms with Gasteiger partial charge in [-0.25, -0.2) is 4.79 Å². The van der Waals surface area contributed by atoms with Gasteiger partial charge in [0.1, 0.15) is 5.75 Å². The molecule has 0 aromatic heterocycles. The standard InChI is InChI=1S/C12H18N2O2/c1-4-8-16-11-7-5-6-10(9-11)13-12(15)14(2)3/h5-7,9H,4,8H2,1-3H3,(H,13,15). The van der Waals surface area contributed by atoms with Crippen LogP contribution in [0.2, 0.25) is 0 Å². The number of benzene rings is 1. The summed E-state index contributed by atoms with van der Waals surface area (Å²) in [5.41, 5.74) is 0.743. The van der Waals surface area contributed by atoms with E-state index >= 15 is 0 Å². The predicted molar refractivity (Wildman–Crippen MR) is 64.9 cm³/mol. The predicted octanol–water partition coefficient (Wildman–Crippen LogP) is 2.57. The van der Waals surface area contributed by atoms with Crippen LogP contribution in [0.15, 0.2) is 24.3 Å². The first-order chi connectivity index (χ1) is 7.63. The number of rotatable bonds is 4. The van der Waals surface area contributed by atoms with E-state index in [9.17, 15) is 4.79 Å². The van der Waals surface area contributed by atoms with Gasteiger partial charge in [0.05, 0.1) is 6.61 Å². The summed E-state index contributed by atoms with van der Waals surface area (Å²) in [6, 6.07) is 7.24. The van der Waals surface area contributed by atoms with Gasteiger partial charge in [-0.1, -0.05) is 13.0 Å². The molecule has 4 nitrogen and oxygen atoms in total. The molecule has 1 aromatic carbocycles. The minimum atomic E-state index is -0.146. The van der Waals surface area contributed by atoms with E-state index in [1.807, 2.05) is 24.3 Å². The van der Waals surface area contributed by atoms with E-state index in [4.69, 9.17) is 4.74 Å². The van der Waals surface area contributed by atoms with Crippen molar-refractivity contribution in [1.82, 2.24) is 4.90 Å². The zero-order chi connectivity index (χ0) is 12.0. The SMILES string of the molecule is CCCOc1cccc(NC(=O)N(C)C)c1. The lowest BCUT2D eigenvalue weighted by Crippen LogP contribution is -2.27. The van der Waals surface area contributed by atoms with Gasteiger partial charge in [0.2, 0.25) is 0 Å². The maximum absolute atomic E-state index is 11.4. The zero-order valence-corrected chi connectivity index (χ0v) is 9.99. The average molecular weight is 222 g/mol. The van der Waals surface area contributed by atoms with Crippen LogP contribution in [0.4, 0.5) is 10.5 Å². The Morgan fingerprint density at radius 3 is 2.81 bits per heavy atom. The molecule has 16 heavy (non-hydrogen) atoms. The lowest BCUT2D eigenvalue weighted by atomic mass is 10.3. The van der Waals surface area contributed by atoms with Crippen molar-refractivity contribution in [2.24, 2.45) is 0 Å². The number of nitrogens with one attached hydrogen (secondary N) is 1. The first-order valence-corrected chi connectivity index (χ1v) is 5.34. The minimum absolute atomic E-state index is 0.146. The molecule has 0 aliphatic carbocycles. The maximum Gasteiger partial charge on any atom is 0.321 e. The van der Waals surface area contributed by atoms with Crippen molar-refractivity contribution in [2.75, 3.05) is 26.0 Å². The van der Waals surface area contributed by atoms with Crippen LogP contribution in [0, 0.1) is 0 Å². The van der Waals surface area contributed by atoms with E-state index in [-0.39, 0.29) is 6.03 Å². The van der Waals surface area contributed by atoms with Crippen LogP contribution in [0.1, 0.15) is 13.3 Å². The fraction of sp³-hybridized carbons (Fsp3) is 0.417. The van der Waals surface area contributed by atoms with Gasteiger partial charge in [-0.2, -0.15) is 0 Å². The summed E-state index contributed by atoms with van der Waals surface area (Å²) in [4.78, 5) is 12.9. The summed E-state index contributed by atoms with van der Waals surface area (Å²) < 4.78 is 5.47. The van der Waals surface area contributed by atoms with Crippen molar-refractivity contribution < 1.29 is 9.53 Å². The fourth-order valence-corrected chi connectivity index (χ4v) is 1.12. The van der Waals surface area contributed by atoms with Crippen LogP contribution >= 0.6 is 0 Å². The summed E-state index contributed by atoms with van der Waals surface area (Å²) in [6.07, 6.45) is 0.967. The Morgan fingerprint density at radius 1 is 1.44 bits per heavy atom. The van der Waals surface area contributed by atoms with Crippen molar-refractivity contribution in [3.8, 4) is 5.75 Å². The monoisotopic (exact) mass is 222 g/mol. The minimum Gasteiger partial charge on any atom is -0.494 e. The maximum atomic E-state index is 11.4. The zero-order valence-electron chi connectivity index (χ0n) is 9.99. The van der Waals surface area contributed by atoms with Gasteiger partial charge in [-0.15, -0.1) is 0 Å². The van der Waals surface area contributed by atoms with E-state index in [2.05, 4.69) is 12.2 Å². The van der Waals surface area contributed by atoms with Crippen LogP contribution in [0.5, 0.6) is 5.75 Å². The van der Waals surface area contributed by atoms with Gasteiger partial charge in [0, 0.05) is 25.8 Å². The number of ether oxygens (including phenoxy) is 1. The second kappa shape index (κ2) is 6.00. The summed E-state index contributed by atoms with van der Waals surface area (Å²) in [5.74, 6) is 0.776. The van der Waals surface area contributed by atoms with Gasteiger partial charge in [0.25, 0.3) is 0 Å². The molecule has 4 heteroatoms. The largest absolute Gasteiger partial charge is 0.494 e. The number of amides is 2. The first kappa shape index (κ1) is 12.4. The Kier molecular flexibility index (Phi) is 4.64. The first-order valence-electron chi connectivity index (χ1n) is 5.34. The number of hydrogen-bond acceptors (Lipinski definition) is 2. The second-order valence-electron chi connectivity index (χ2n) is 3.70. The summed E-state index contributed by atoms with van der Waals surface area (Å²) in [6.45, 7) is 2.74. The Hall–Kier alpha value is -1.71. The number of anilines is 1. The van der Waals surface area contributed by atoms with Gasteiger partial charge in [0.15, 0.2) is 0 Å². The van der Waals surface area contributed by atoms with Crippen LogP contribution < -0.4 is 10.1 Å². The summed E-state index contributed by atoms with van der Waals surface area (Å²) in [7, 11) is 3.40. The highest BCUT2D eigenvalue weighted by Gasteiger charge is 2.04. The van der Waals surface area contributed by atoms with Crippen molar-refractivity contribution in [2.45, 2.75) is 13.3 Å². The van der Waals surface area contributed by atoms with Gasteiger partial charge in [-0.3, -0.25) is 0 Å². The summed E-state index contributed by atoms with van der Waals surface area (Å²) in [5, 5.41) is 2.77. The van der Waals surface area contributed by atoms with Crippen LogP contribution in [0.3, 0.4) is 0 Å². The molecular formula is C12H18N2O2. The van der Waals surface area contributed by atoms with E-state index in [1.165, 1.54) is 4.90 Å². The molecule has 2 amide bonds. The highest BCUT2D eigenvalue weighted by molar-refractivity contribution is 5.89. The molecule has 0 saturated carbocycles. The van der Waals surface area contributed by atoms with Gasteiger partial charge < -0.3 is 15.0 Å². The van der Waals surface area contributed by atoms with E-state index in [0.29, 0.717) is 6.61 Å². The highest BCUT2D eigenvalue weighted by Crippen LogP contribution is 2.17. The van der Waals surface area contributed by atoms with E-state index < -0.39 is 0 Å². The van der Waals surface area contributed by atoms with Crippen molar-refractivity contribution >= 4 is 11.7 Å². The number of hydrogen-bond donors (Lipinski definition) is 1. The third kappa shape index (κ3) is 3.81. The van der Waals surface area contributed by atoms with Crippen LogP contribution in [-0.2, 0) is 0 Å². The topological polar surface area (TPSA) is 41.6 Å². The fourth-order valence-electron chi connectivity index (χ4n) is 1.12. The second-order valence-corrected chi connectivity index (χ2v) is 3.70. The Balaban J connectivity index is 2.63. The Morgan fingerprint density at radius 2 is 2.19 bits per heavy atom. The Labute approximate surface area is 96.2 Å². The van der Waals surface area contributed by atoms with Crippen LogP contribution in [-0.4, -0.2) is 31.6 Å². The molecule has 0 saturated heterocycles. The Bertz CT molecular complexity index is 351. The molecular weight excluding hydrogens is 204 g/mol. The molecule has 1 N–H and O–H groups in total. The van der Waals surface area contributed by atoms with Crippen molar-refractivity contribution in [3.05, 3.63) is 24.3 Å². The molecule has 0 bridgehead atoms. The highest BCUT2D eigenvalue weighted by atomic mass is 16.5. The number of nitrogens with zero attached hydrogens (tertiary/aromatic N) is 1. The molecule has 0 fully saturated rings. The quantitative estimate of drug-likeness (QED) is 0.850. The molecule has 0 radical (unpaired) electrons. The lowest BCUT2D eigenvalue weighted by molar-refractivity contribution is 0.230. The third-order valence-corrected chi connectivity index (χ3v) is 1.96.